The molecule has 1 amide bonds. The fraction of sp³-hybridized carbons (Fsp3) is 0.562. The first-order chi connectivity index (χ1) is 10.7. The number of aliphatic hydroxyl groups is 1. The predicted molar refractivity (Wildman–Crippen MR) is 92.2 cm³/mol. The average molecular weight is 404 g/mol. The molecule has 0 aliphatic heterocycles. The van der Waals surface area contributed by atoms with Gasteiger partial charge >= 0.3 is 0 Å². The number of halogens is 1. The molecule has 1 saturated carbocycles. The first-order valence-electron chi connectivity index (χ1n) is 7.71. The molecule has 0 spiro atoms. The smallest absolute Gasteiger partial charge is 0.252 e. The highest BCUT2D eigenvalue weighted by atomic mass is 79.9. The molecule has 1 fully saturated rings. The van der Waals surface area contributed by atoms with E-state index in [1.807, 2.05) is 0 Å². The highest BCUT2D eigenvalue weighted by Gasteiger charge is 2.28. The largest absolute Gasteiger partial charge is 0.388 e. The summed E-state index contributed by atoms with van der Waals surface area (Å²) in [5.74, 6) is -0.389. The minimum Gasteiger partial charge on any atom is -0.388 e. The zero-order valence-electron chi connectivity index (χ0n) is 13.1. The van der Waals surface area contributed by atoms with Gasteiger partial charge in [0.05, 0.1) is 16.1 Å². The van der Waals surface area contributed by atoms with E-state index in [0.717, 1.165) is 31.9 Å². The summed E-state index contributed by atoms with van der Waals surface area (Å²) in [7, 11) is -3.38. The Morgan fingerprint density at radius 2 is 1.87 bits per heavy atom. The summed E-state index contributed by atoms with van der Waals surface area (Å²) in [5, 5.41) is 13.3. The van der Waals surface area contributed by atoms with Gasteiger partial charge in [-0.05, 0) is 47.0 Å². The standard InChI is InChI=1S/C16H22BrNO4S/c1-23(21,22)12-6-7-14(17)13(10-12)15(19)18-11-16(20)8-4-2-3-5-9-16/h6-7,10,20H,2-5,8-9,11H2,1H3,(H,18,19). The molecule has 0 saturated heterocycles. The van der Waals surface area contributed by atoms with Gasteiger partial charge in [0.15, 0.2) is 9.84 Å². The number of carbonyl (C=O) groups is 1. The quantitative estimate of drug-likeness (QED) is 0.756. The molecule has 1 aromatic carbocycles. The van der Waals surface area contributed by atoms with Crippen LogP contribution in [0.3, 0.4) is 0 Å². The minimum atomic E-state index is -3.38. The maximum absolute atomic E-state index is 12.4. The second-order valence-electron chi connectivity index (χ2n) is 6.24. The number of amides is 1. The maximum atomic E-state index is 12.4. The van der Waals surface area contributed by atoms with Gasteiger partial charge < -0.3 is 10.4 Å². The molecular weight excluding hydrogens is 382 g/mol. The summed E-state index contributed by atoms with van der Waals surface area (Å²) in [4.78, 5) is 12.5. The molecule has 5 nitrogen and oxygen atoms in total. The van der Waals surface area contributed by atoms with Crippen LogP contribution >= 0.6 is 15.9 Å². The number of hydrogen-bond acceptors (Lipinski definition) is 4. The number of hydrogen-bond donors (Lipinski definition) is 2. The van der Waals surface area contributed by atoms with Crippen LogP contribution in [-0.4, -0.2) is 37.8 Å². The Bertz CT molecular complexity index is 679. The van der Waals surface area contributed by atoms with Crippen molar-refractivity contribution in [3.63, 3.8) is 0 Å². The van der Waals surface area contributed by atoms with Crippen molar-refractivity contribution in [1.82, 2.24) is 5.32 Å². The van der Waals surface area contributed by atoms with Gasteiger partial charge in [-0.1, -0.05) is 25.7 Å². The SMILES string of the molecule is CS(=O)(=O)c1ccc(Br)c(C(=O)NCC2(O)CCCCCC2)c1. The van der Waals surface area contributed by atoms with Crippen LogP contribution in [-0.2, 0) is 9.84 Å². The van der Waals surface area contributed by atoms with Crippen molar-refractivity contribution in [2.75, 3.05) is 12.8 Å². The van der Waals surface area contributed by atoms with Crippen LogP contribution in [0.2, 0.25) is 0 Å². The number of benzene rings is 1. The molecule has 0 bridgehead atoms. The van der Waals surface area contributed by atoms with E-state index in [9.17, 15) is 18.3 Å². The van der Waals surface area contributed by atoms with Crippen LogP contribution in [0.25, 0.3) is 0 Å². The Hall–Kier alpha value is -0.920. The Balaban J connectivity index is 2.11. The van der Waals surface area contributed by atoms with Crippen LogP contribution in [0.4, 0.5) is 0 Å². The minimum absolute atomic E-state index is 0.0963. The average Bonchev–Trinajstić information content (AvgIpc) is 2.69. The molecule has 1 aliphatic carbocycles. The summed E-state index contributed by atoms with van der Waals surface area (Å²) < 4.78 is 23.8. The van der Waals surface area contributed by atoms with E-state index in [4.69, 9.17) is 0 Å². The molecule has 1 aliphatic rings. The van der Waals surface area contributed by atoms with E-state index >= 15 is 0 Å². The van der Waals surface area contributed by atoms with Crippen molar-refractivity contribution in [3.05, 3.63) is 28.2 Å². The van der Waals surface area contributed by atoms with Crippen LogP contribution < -0.4 is 5.32 Å². The van der Waals surface area contributed by atoms with Crippen LogP contribution in [0.15, 0.2) is 27.6 Å². The normalized spacial score (nSPS) is 18.2. The number of rotatable bonds is 4. The zero-order chi connectivity index (χ0) is 17.1. The fourth-order valence-electron chi connectivity index (χ4n) is 2.81. The Kier molecular flexibility index (Phi) is 5.86. The maximum Gasteiger partial charge on any atom is 0.252 e. The van der Waals surface area contributed by atoms with Crippen LogP contribution in [0.5, 0.6) is 0 Å². The van der Waals surface area contributed by atoms with E-state index in [2.05, 4.69) is 21.2 Å². The second-order valence-corrected chi connectivity index (χ2v) is 9.11. The Morgan fingerprint density at radius 1 is 1.26 bits per heavy atom. The first-order valence-corrected chi connectivity index (χ1v) is 10.4. The molecule has 2 rings (SSSR count). The predicted octanol–water partition coefficient (Wildman–Crippen LogP) is 2.67. The lowest BCUT2D eigenvalue weighted by molar-refractivity contribution is 0.0246. The van der Waals surface area contributed by atoms with Crippen molar-refractivity contribution in [3.8, 4) is 0 Å². The molecule has 0 heterocycles. The molecule has 0 radical (unpaired) electrons. The summed E-state index contributed by atoms with van der Waals surface area (Å²) in [6.07, 6.45) is 6.59. The highest BCUT2D eigenvalue weighted by Crippen LogP contribution is 2.27. The number of nitrogens with one attached hydrogen (secondary N) is 1. The third-order valence-corrected chi connectivity index (χ3v) is 6.02. The van der Waals surface area contributed by atoms with Gasteiger partial charge in [-0.25, -0.2) is 8.42 Å². The van der Waals surface area contributed by atoms with E-state index in [0.29, 0.717) is 17.3 Å². The van der Waals surface area contributed by atoms with Gasteiger partial charge in [-0.2, -0.15) is 0 Å². The zero-order valence-corrected chi connectivity index (χ0v) is 15.5. The molecule has 7 heteroatoms. The van der Waals surface area contributed by atoms with Crippen molar-refractivity contribution in [1.29, 1.82) is 0 Å². The van der Waals surface area contributed by atoms with Gasteiger partial charge in [0.1, 0.15) is 0 Å². The summed E-state index contributed by atoms with van der Waals surface area (Å²) in [6, 6.07) is 4.35. The summed E-state index contributed by atoms with van der Waals surface area (Å²) >= 11 is 3.27. The second kappa shape index (κ2) is 7.32. The molecule has 2 N–H and O–H groups in total. The molecule has 23 heavy (non-hydrogen) atoms. The van der Waals surface area contributed by atoms with Gasteiger partial charge in [-0.3, -0.25) is 4.79 Å². The van der Waals surface area contributed by atoms with Crippen LogP contribution in [0, 0.1) is 0 Å². The number of carbonyl (C=O) groups excluding carboxylic acids is 1. The van der Waals surface area contributed by atoms with Crippen molar-refractivity contribution < 1.29 is 18.3 Å². The first kappa shape index (κ1) is 18.4. The van der Waals surface area contributed by atoms with E-state index in [1.54, 1.807) is 6.07 Å². The third-order valence-electron chi connectivity index (χ3n) is 4.22. The van der Waals surface area contributed by atoms with Crippen molar-refractivity contribution in [2.45, 2.75) is 49.0 Å². The third kappa shape index (κ3) is 5.02. The van der Waals surface area contributed by atoms with Gasteiger partial charge in [0.25, 0.3) is 5.91 Å². The summed E-state index contributed by atoms with van der Waals surface area (Å²) in [5.41, 5.74) is -0.613. The molecule has 1 aromatic rings. The van der Waals surface area contributed by atoms with Gasteiger partial charge in [-0.15, -0.1) is 0 Å². The monoisotopic (exact) mass is 403 g/mol. The van der Waals surface area contributed by atoms with Crippen molar-refractivity contribution in [2.24, 2.45) is 0 Å². The van der Waals surface area contributed by atoms with Gasteiger partial charge in [0, 0.05) is 17.3 Å². The Labute approximate surface area is 145 Å². The fourth-order valence-corrected chi connectivity index (χ4v) is 3.89. The van der Waals surface area contributed by atoms with E-state index in [1.165, 1.54) is 12.1 Å². The molecule has 0 unspecified atom stereocenters. The lowest BCUT2D eigenvalue weighted by atomic mass is 9.94. The highest BCUT2D eigenvalue weighted by molar-refractivity contribution is 9.10. The summed E-state index contributed by atoms with van der Waals surface area (Å²) in [6.45, 7) is 0.182. The molecule has 0 atom stereocenters. The lowest BCUT2D eigenvalue weighted by Crippen LogP contribution is -2.42. The Morgan fingerprint density at radius 3 is 2.43 bits per heavy atom. The van der Waals surface area contributed by atoms with E-state index < -0.39 is 15.4 Å². The van der Waals surface area contributed by atoms with Crippen LogP contribution in [0.1, 0.15) is 48.9 Å². The topological polar surface area (TPSA) is 83.5 Å². The van der Waals surface area contributed by atoms with Crippen molar-refractivity contribution >= 4 is 31.7 Å². The number of sulfone groups is 1. The van der Waals surface area contributed by atoms with Gasteiger partial charge in [0.2, 0.25) is 0 Å². The van der Waals surface area contributed by atoms with E-state index in [-0.39, 0.29) is 22.9 Å². The lowest BCUT2D eigenvalue weighted by Gasteiger charge is -2.26. The molecular formula is C16H22BrNO4S. The molecule has 0 aromatic heterocycles. The molecule has 128 valence electrons.